The third kappa shape index (κ3) is 5.12. The van der Waals surface area contributed by atoms with Crippen LogP contribution in [0.15, 0.2) is 36.7 Å². The van der Waals surface area contributed by atoms with E-state index in [1.54, 1.807) is 17.8 Å². The van der Waals surface area contributed by atoms with Gasteiger partial charge in [0.1, 0.15) is 12.2 Å². The number of benzene rings is 1. The number of carbonyl (C=O) groups is 2. The standard InChI is InChI=1S/C20H20ClN5O4/c1-12-15(9-22-18(19(12)29)20(30)23-10-17(27)28)16-11-26(25-24-16)8-2-3-13-4-6-14(21)7-5-13/h4-7,9,11,29H,2-3,8,10H2,1H3,(H,23,30)(H,27,28). The molecule has 3 aromatic rings. The van der Waals surface area contributed by atoms with Gasteiger partial charge in [-0.25, -0.2) is 4.98 Å². The summed E-state index contributed by atoms with van der Waals surface area (Å²) in [5, 5.41) is 30.1. The number of pyridine rings is 1. The molecule has 0 saturated heterocycles. The van der Waals surface area contributed by atoms with Crippen LogP contribution < -0.4 is 5.32 Å². The number of aryl methyl sites for hydroxylation is 2. The van der Waals surface area contributed by atoms with E-state index in [9.17, 15) is 14.7 Å². The van der Waals surface area contributed by atoms with Crippen molar-refractivity contribution in [1.82, 2.24) is 25.3 Å². The Morgan fingerprint density at radius 2 is 1.97 bits per heavy atom. The topological polar surface area (TPSA) is 130 Å². The number of aromatic hydroxyl groups is 1. The van der Waals surface area contributed by atoms with Gasteiger partial charge in [0.05, 0.1) is 6.20 Å². The molecule has 0 spiro atoms. The van der Waals surface area contributed by atoms with E-state index in [-0.39, 0.29) is 11.4 Å². The number of rotatable bonds is 8. The fourth-order valence-corrected chi connectivity index (χ4v) is 3.01. The highest BCUT2D eigenvalue weighted by Crippen LogP contribution is 2.29. The summed E-state index contributed by atoms with van der Waals surface area (Å²) in [5.41, 5.74) is 2.39. The largest absolute Gasteiger partial charge is 0.505 e. The Kier molecular flexibility index (Phi) is 6.63. The van der Waals surface area contributed by atoms with Crippen molar-refractivity contribution >= 4 is 23.5 Å². The van der Waals surface area contributed by atoms with E-state index < -0.39 is 18.4 Å². The van der Waals surface area contributed by atoms with Crippen LogP contribution in [0.4, 0.5) is 0 Å². The molecule has 0 saturated carbocycles. The zero-order valence-electron chi connectivity index (χ0n) is 16.2. The molecule has 3 N–H and O–H groups in total. The minimum atomic E-state index is -1.19. The van der Waals surface area contributed by atoms with Crippen molar-refractivity contribution in [2.75, 3.05) is 6.54 Å². The molecule has 156 valence electrons. The van der Waals surface area contributed by atoms with Gasteiger partial charge >= 0.3 is 5.97 Å². The number of carbonyl (C=O) groups excluding carboxylic acids is 1. The molecule has 0 fully saturated rings. The molecule has 0 aliphatic rings. The highest BCUT2D eigenvalue weighted by atomic mass is 35.5. The van der Waals surface area contributed by atoms with Crippen LogP contribution in [0.3, 0.4) is 0 Å². The Balaban J connectivity index is 1.67. The number of hydrogen-bond donors (Lipinski definition) is 3. The van der Waals surface area contributed by atoms with E-state index in [0.29, 0.717) is 28.4 Å². The van der Waals surface area contributed by atoms with Gasteiger partial charge in [-0.3, -0.25) is 14.3 Å². The van der Waals surface area contributed by atoms with Crippen molar-refractivity contribution < 1.29 is 19.8 Å². The average Bonchev–Trinajstić information content (AvgIpc) is 3.18. The maximum Gasteiger partial charge on any atom is 0.322 e. The van der Waals surface area contributed by atoms with Crippen molar-refractivity contribution in [1.29, 1.82) is 0 Å². The molecule has 1 amide bonds. The van der Waals surface area contributed by atoms with Crippen molar-refractivity contribution in [3.63, 3.8) is 0 Å². The summed E-state index contributed by atoms with van der Waals surface area (Å²) in [6.45, 7) is 1.72. The first-order valence-corrected chi connectivity index (χ1v) is 9.56. The zero-order valence-corrected chi connectivity index (χ0v) is 16.9. The van der Waals surface area contributed by atoms with Gasteiger partial charge < -0.3 is 15.5 Å². The molecule has 1 aromatic carbocycles. The number of nitrogens with zero attached hydrogens (tertiary/aromatic N) is 4. The normalized spacial score (nSPS) is 10.7. The summed E-state index contributed by atoms with van der Waals surface area (Å²) in [6, 6.07) is 7.69. The second kappa shape index (κ2) is 9.36. The highest BCUT2D eigenvalue weighted by Gasteiger charge is 2.19. The van der Waals surface area contributed by atoms with E-state index >= 15 is 0 Å². The lowest BCUT2D eigenvalue weighted by Crippen LogP contribution is -2.30. The Labute approximate surface area is 177 Å². The van der Waals surface area contributed by atoms with Crippen LogP contribution in [-0.4, -0.2) is 48.6 Å². The number of aromatic nitrogens is 4. The number of carboxylic acid groups (broad SMARTS) is 1. The minimum Gasteiger partial charge on any atom is -0.505 e. The van der Waals surface area contributed by atoms with E-state index in [2.05, 4.69) is 20.6 Å². The lowest BCUT2D eigenvalue weighted by molar-refractivity contribution is -0.135. The molecule has 0 unspecified atom stereocenters. The SMILES string of the molecule is Cc1c(-c2cn(CCCc3ccc(Cl)cc3)nn2)cnc(C(=O)NCC(=O)O)c1O. The maximum absolute atomic E-state index is 12.0. The predicted octanol–water partition coefficient (Wildman–Crippen LogP) is 2.45. The first-order chi connectivity index (χ1) is 14.3. The van der Waals surface area contributed by atoms with Crippen LogP contribution in [0.1, 0.15) is 28.0 Å². The molecule has 2 aromatic heterocycles. The summed E-state index contributed by atoms with van der Waals surface area (Å²) in [5.74, 6) is -2.29. The number of aliphatic carboxylic acids is 1. The molecular weight excluding hydrogens is 410 g/mol. The second-order valence-corrected chi connectivity index (χ2v) is 7.10. The third-order valence-electron chi connectivity index (χ3n) is 4.50. The van der Waals surface area contributed by atoms with Crippen LogP contribution in [0.2, 0.25) is 5.02 Å². The summed E-state index contributed by atoms with van der Waals surface area (Å²) >= 11 is 5.89. The van der Waals surface area contributed by atoms with Gasteiger partial charge in [-0.2, -0.15) is 0 Å². The van der Waals surface area contributed by atoms with Gasteiger partial charge in [-0.1, -0.05) is 28.9 Å². The van der Waals surface area contributed by atoms with E-state index in [4.69, 9.17) is 16.7 Å². The molecular formula is C20H20ClN5O4. The summed E-state index contributed by atoms with van der Waals surface area (Å²) < 4.78 is 1.70. The summed E-state index contributed by atoms with van der Waals surface area (Å²) in [4.78, 5) is 26.5. The second-order valence-electron chi connectivity index (χ2n) is 6.67. The lowest BCUT2D eigenvalue weighted by Gasteiger charge is -2.09. The smallest absolute Gasteiger partial charge is 0.322 e. The Morgan fingerprint density at radius 1 is 1.23 bits per heavy atom. The molecule has 30 heavy (non-hydrogen) atoms. The summed E-state index contributed by atoms with van der Waals surface area (Å²) in [6.07, 6.45) is 4.88. The third-order valence-corrected chi connectivity index (χ3v) is 4.75. The van der Waals surface area contributed by atoms with Gasteiger partial charge in [0, 0.05) is 28.9 Å². The molecule has 0 aliphatic carbocycles. The summed E-state index contributed by atoms with van der Waals surface area (Å²) in [7, 11) is 0. The highest BCUT2D eigenvalue weighted by molar-refractivity contribution is 6.30. The van der Waals surface area contributed by atoms with Crippen molar-refractivity contribution in [2.24, 2.45) is 0 Å². The van der Waals surface area contributed by atoms with E-state index in [0.717, 1.165) is 12.8 Å². The maximum atomic E-state index is 12.0. The van der Waals surface area contributed by atoms with E-state index in [1.165, 1.54) is 11.8 Å². The Bertz CT molecular complexity index is 1070. The molecule has 0 radical (unpaired) electrons. The molecule has 2 heterocycles. The van der Waals surface area contributed by atoms with Gasteiger partial charge in [-0.15, -0.1) is 5.10 Å². The van der Waals surface area contributed by atoms with Crippen LogP contribution in [-0.2, 0) is 17.8 Å². The number of hydrogen-bond acceptors (Lipinski definition) is 6. The van der Waals surface area contributed by atoms with Crippen molar-refractivity contribution in [3.8, 4) is 17.0 Å². The average molecular weight is 430 g/mol. The molecule has 0 aliphatic heterocycles. The Hall–Kier alpha value is -3.46. The fraction of sp³-hybridized carbons (Fsp3) is 0.250. The van der Waals surface area contributed by atoms with Crippen LogP contribution in [0, 0.1) is 6.92 Å². The molecule has 9 nitrogen and oxygen atoms in total. The fourth-order valence-electron chi connectivity index (χ4n) is 2.88. The van der Waals surface area contributed by atoms with Crippen molar-refractivity contribution in [2.45, 2.75) is 26.3 Å². The Morgan fingerprint density at radius 3 is 2.67 bits per heavy atom. The van der Waals surface area contributed by atoms with Crippen LogP contribution >= 0.6 is 11.6 Å². The quantitative estimate of drug-likeness (QED) is 0.501. The van der Waals surface area contributed by atoms with Gasteiger partial charge in [0.15, 0.2) is 11.4 Å². The first kappa shape index (κ1) is 21.3. The zero-order chi connectivity index (χ0) is 21.7. The first-order valence-electron chi connectivity index (χ1n) is 9.18. The van der Waals surface area contributed by atoms with Gasteiger partial charge in [0.25, 0.3) is 5.91 Å². The monoisotopic (exact) mass is 429 g/mol. The molecule has 3 rings (SSSR count). The van der Waals surface area contributed by atoms with Crippen LogP contribution in [0.25, 0.3) is 11.3 Å². The molecule has 10 heteroatoms. The van der Waals surface area contributed by atoms with Crippen molar-refractivity contribution in [3.05, 3.63) is 58.5 Å². The van der Waals surface area contributed by atoms with Crippen LogP contribution in [0.5, 0.6) is 5.75 Å². The number of halogens is 1. The van der Waals surface area contributed by atoms with Gasteiger partial charge in [0.2, 0.25) is 0 Å². The minimum absolute atomic E-state index is 0.243. The molecule has 0 atom stereocenters. The lowest BCUT2D eigenvalue weighted by atomic mass is 10.1. The van der Waals surface area contributed by atoms with E-state index in [1.807, 2.05) is 24.3 Å². The molecule has 0 bridgehead atoms. The number of carboxylic acids is 1. The van der Waals surface area contributed by atoms with Gasteiger partial charge in [-0.05, 0) is 37.5 Å². The predicted molar refractivity (Wildman–Crippen MR) is 109 cm³/mol. The number of nitrogens with one attached hydrogen (secondary N) is 1. The number of amides is 1.